The van der Waals surface area contributed by atoms with Gasteiger partial charge in [0, 0.05) is 41.9 Å². The summed E-state index contributed by atoms with van der Waals surface area (Å²) in [7, 11) is 0. The first-order valence-electron chi connectivity index (χ1n) is 12.7. The Kier molecular flexibility index (Phi) is 6.58. The van der Waals surface area contributed by atoms with Crippen molar-refractivity contribution in [3.8, 4) is 11.3 Å². The number of rotatable bonds is 4. The molecule has 4 aromatic rings. The van der Waals surface area contributed by atoms with Gasteiger partial charge in [-0.25, -0.2) is 9.78 Å². The molecule has 1 amide bonds. The molecule has 202 valence electrons. The zero-order valence-corrected chi connectivity index (χ0v) is 23.3. The number of piperazine rings is 1. The number of pyridine rings is 1. The van der Waals surface area contributed by atoms with Crippen molar-refractivity contribution in [2.24, 2.45) is 0 Å². The largest absolute Gasteiger partial charge is 0.476 e. The van der Waals surface area contributed by atoms with E-state index in [0.717, 1.165) is 16.8 Å². The Morgan fingerprint density at radius 1 is 1.03 bits per heavy atom. The monoisotopic (exact) mass is 547 g/mol. The van der Waals surface area contributed by atoms with Gasteiger partial charge in [-0.05, 0) is 49.6 Å². The SMILES string of the molecule is CC(C)(C)c1cc(-c2ccc(Cl)cc2)nc2cc(C(=O)N3CCN(c4ccc(C(=O)O)nn4)CC3(C)C)oc12. The third-order valence-electron chi connectivity index (χ3n) is 6.98. The van der Waals surface area contributed by atoms with E-state index in [1.165, 1.54) is 6.07 Å². The van der Waals surface area contributed by atoms with Gasteiger partial charge in [-0.2, -0.15) is 0 Å². The summed E-state index contributed by atoms with van der Waals surface area (Å²) in [4.78, 5) is 33.5. The van der Waals surface area contributed by atoms with Crippen LogP contribution < -0.4 is 4.90 Å². The summed E-state index contributed by atoms with van der Waals surface area (Å²) in [6.07, 6.45) is 0. The summed E-state index contributed by atoms with van der Waals surface area (Å²) in [5.41, 5.74) is 2.99. The average Bonchev–Trinajstić information content (AvgIpc) is 3.31. The molecule has 0 bridgehead atoms. The minimum absolute atomic E-state index is 0.112. The molecule has 1 N–H and O–H groups in total. The second-order valence-corrected chi connectivity index (χ2v) is 11.8. The lowest BCUT2D eigenvalue weighted by Gasteiger charge is -2.47. The molecule has 39 heavy (non-hydrogen) atoms. The standard InChI is InChI=1S/C29H30ClN5O4/c1-28(2,3)19-14-21(17-6-8-18(30)9-7-17)31-22-15-23(39-25(19)22)26(36)35-13-12-34(16-29(35,4)5)24-11-10-20(27(37)38)32-33-24/h6-11,14-15H,12-13,16H2,1-5H3,(H,37,38). The fourth-order valence-corrected chi connectivity index (χ4v) is 5.05. The van der Waals surface area contributed by atoms with Crippen molar-refractivity contribution in [2.75, 3.05) is 24.5 Å². The molecule has 0 unspecified atom stereocenters. The van der Waals surface area contributed by atoms with Crippen LogP contribution in [0.5, 0.6) is 0 Å². The van der Waals surface area contributed by atoms with E-state index >= 15 is 0 Å². The van der Waals surface area contributed by atoms with E-state index in [0.29, 0.717) is 41.6 Å². The number of halogens is 1. The number of hydrogen-bond acceptors (Lipinski definition) is 7. The number of nitrogens with zero attached hydrogens (tertiary/aromatic N) is 5. The number of carbonyl (C=O) groups is 2. The van der Waals surface area contributed by atoms with Crippen LogP contribution in [-0.2, 0) is 5.41 Å². The van der Waals surface area contributed by atoms with Gasteiger partial charge in [0.1, 0.15) is 5.52 Å². The van der Waals surface area contributed by atoms with Gasteiger partial charge in [0.15, 0.2) is 22.9 Å². The number of hydrogen-bond donors (Lipinski definition) is 1. The van der Waals surface area contributed by atoms with E-state index in [9.17, 15) is 9.59 Å². The first-order valence-corrected chi connectivity index (χ1v) is 13.1. The fourth-order valence-electron chi connectivity index (χ4n) is 4.92. The van der Waals surface area contributed by atoms with Crippen LogP contribution in [0.15, 0.2) is 52.9 Å². The predicted molar refractivity (Wildman–Crippen MR) is 149 cm³/mol. The molecule has 10 heteroatoms. The van der Waals surface area contributed by atoms with Crippen LogP contribution in [0.3, 0.4) is 0 Å². The van der Waals surface area contributed by atoms with Gasteiger partial charge in [0.2, 0.25) is 0 Å². The minimum atomic E-state index is -1.12. The number of anilines is 1. The first-order chi connectivity index (χ1) is 18.3. The topological polar surface area (TPSA) is 113 Å². The molecule has 0 saturated carbocycles. The second-order valence-electron chi connectivity index (χ2n) is 11.4. The van der Waals surface area contributed by atoms with Gasteiger partial charge in [0.25, 0.3) is 5.91 Å². The first kappa shape index (κ1) is 26.6. The van der Waals surface area contributed by atoms with E-state index in [1.54, 1.807) is 17.0 Å². The molecular weight excluding hydrogens is 518 g/mol. The molecule has 1 fully saturated rings. The van der Waals surface area contributed by atoms with E-state index in [2.05, 4.69) is 31.0 Å². The zero-order valence-electron chi connectivity index (χ0n) is 22.5. The van der Waals surface area contributed by atoms with Crippen LogP contribution in [0, 0.1) is 0 Å². The van der Waals surface area contributed by atoms with Crippen LogP contribution in [0.25, 0.3) is 22.4 Å². The molecule has 5 rings (SSSR count). The molecule has 4 heterocycles. The van der Waals surface area contributed by atoms with Crippen LogP contribution in [-0.4, -0.2) is 62.2 Å². The summed E-state index contributed by atoms with van der Waals surface area (Å²) in [5, 5.41) is 17.6. The van der Waals surface area contributed by atoms with Crippen molar-refractivity contribution < 1.29 is 19.1 Å². The van der Waals surface area contributed by atoms with Crippen molar-refractivity contribution in [1.29, 1.82) is 0 Å². The van der Waals surface area contributed by atoms with Crippen molar-refractivity contribution in [2.45, 2.75) is 45.6 Å². The van der Waals surface area contributed by atoms with Crippen LogP contribution in [0.4, 0.5) is 5.82 Å². The molecule has 1 aliphatic rings. The number of carboxylic acids is 1. The molecule has 0 radical (unpaired) electrons. The Labute approximate surface area is 231 Å². The van der Waals surface area contributed by atoms with E-state index < -0.39 is 11.5 Å². The zero-order chi connectivity index (χ0) is 28.1. The highest BCUT2D eigenvalue weighted by Crippen LogP contribution is 2.36. The Balaban J connectivity index is 1.45. The normalized spacial score (nSPS) is 15.5. The average molecular weight is 548 g/mol. The summed E-state index contributed by atoms with van der Waals surface area (Å²) in [6, 6.07) is 14.3. The summed E-state index contributed by atoms with van der Waals surface area (Å²) in [5.74, 6) is -0.529. The van der Waals surface area contributed by atoms with Gasteiger partial charge in [-0.1, -0.05) is 44.5 Å². The number of carboxylic acid groups (broad SMARTS) is 1. The third-order valence-corrected chi connectivity index (χ3v) is 7.23. The summed E-state index contributed by atoms with van der Waals surface area (Å²) in [6.45, 7) is 11.7. The lowest BCUT2D eigenvalue weighted by Crippen LogP contribution is -2.61. The molecular formula is C29H30ClN5O4. The Morgan fingerprint density at radius 3 is 2.33 bits per heavy atom. The Bertz CT molecular complexity index is 1560. The number of aromatic nitrogens is 3. The second kappa shape index (κ2) is 9.64. The molecule has 3 aromatic heterocycles. The van der Waals surface area contributed by atoms with Crippen molar-refractivity contribution >= 4 is 40.4 Å². The number of furan rings is 1. The summed E-state index contributed by atoms with van der Waals surface area (Å²) < 4.78 is 6.22. The van der Waals surface area contributed by atoms with E-state index in [-0.39, 0.29) is 22.8 Å². The van der Waals surface area contributed by atoms with Gasteiger partial charge in [0.05, 0.1) is 11.2 Å². The number of benzene rings is 1. The molecule has 1 aliphatic heterocycles. The van der Waals surface area contributed by atoms with Gasteiger partial charge < -0.3 is 19.3 Å². The highest BCUT2D eigenvalue weighted by Gasteiger charge is 2.39. The third kappa shape index (κ3) is 5.18. The number of aromatic carboxylic acids is 1. The minimum Gasteiger partial charge on any atom is -0.476 e. The van der Waals surface area contributed by atoms with Gasteiger partial charge >= 0.3 is 5.97 Å². The fraction of sp³-hybridized carbons (Fsp3) is 0.345. The van der Waals surface area contributed by atoms with Crippen LogP contribution >= 0.6 is 11.6 Å². The highest BCUT2D eigenvalue weighted by molar-refractivity contribution is 6.30. The smallest absolute Gasteiger partial charge is 0.356 e. The number of carbonyl (C=O) groups excluding carboxylic acids is 1. The maximum Gasteiger partial charge on any atom is 0.356 e. The molecule has 0 aliphatic carbocycles. The quantitative estimate of drug-likeness (QED) is 0.347. The predicted octanol–water partition coefficient (Wildman–Crippen LogP) is 5.67. The maximum atomic E-state index is 13.8. The maximum absolute atomic E-state index is 13.8. The van der Waals surface area contributed by atoms with Crippen molar-refractivity contribution in [3.05, 3.63) is 70.6 Å². The Hall–Kier alpha value is -3.98. The highest BCUT2D eigenvalue weighted by atomic mass is 35.5. The number of fused-ring (bicyclic) bond motifs is 1. The van der Waals surface area contributed by atoms with Gasteiger partial charge in [-0.3, -0.25) is 4.79 Å². The molecule has 1 aromatic carbocycles. The number of amides is 1. The molecule has 0 spiro atoms. The van der Waals surface area contributed by atoms with Crippen molar-refractivity contribution in [3.63, 3.8) is 0 Å². The van der Waals surface area contributed by atoms with E-state index in [1.807, 2.05) is 49.1 Å². The van der Waals surface area contributed by atoms with Crippen molar-refractivity contribution in [1.82, 2.24) is 20.1 Å². The molecule has 0 atom stereocenters. The summed E-state index contributed by atoms with van der Waals surface area (Å²) >= 11 is 6.09. The van der Waals surface area contributed by atoms with E-state index in [4.69, 9.17) is 26.1 Å². The van der Waals surface area contributed by atoms with Crippen LogP contribution in [0.2, 0.25) is 5.02 Å². The Morgan fingerprint density at radius 2 is 1.74 bits per heavy atom. The lowest BCUT2D eigenvalue weighted by atomic mass is 9.86. The molecule has 1 saturated heterocycles. The van der Waals surface area contributed by atoms with Crippen LogP contribution in [0.1, 0.15) is 61.2 Å². The molecule has 9 nitrogen and oxygen atoms in total. The van der Waals surface area contributed by atoms with Gasteiger partial charge in [-0.15, -0.1) is 10.2 Å². The lowest BCUT2D eigenvalue weighted by molar-refractivity contribution is 0.0482.